The van der Waals surface area contributed by atoms with E-state index in [0.29, 0.717) is 5.56 Å². The molecule has 0 saturated carbocycles. The Balaban J connectivity index is 2.04. The Labute approximate surface area is 114 Å². The summed E-state index contributed by atoms with van der Waals surface area (Å²) < 4.78 is 36.1. The Morgan fingerprint density at radius 3 is 2.45 bits per heavy atom. The van der Waals surface area contributed by atoms with Crippen molar-refractivity contribution in [3.8, 4) is 5.75 Å². The summed E-state index contributed by atoms with van der Waals surface area (Å²) in [5.41, 5.74) is 1.13. The SMILES string of the molecule is COC(=O)c1ccc(COc2cc(F)ccc2F)cc1. The molecular formula is C15H12F2O3. The quantitative estimate of drug-likeness (QED) is 0.805. The summed E-state index contributed by atoms with van der Waals surface area (Å²) >= 11 is 0. The van der Waals surface area contributed by atoms with E-state index in [1.807, 2.05) is 0 Å². The molecule has 0 amide bonds. The van der Waals surface area contributed by atoms with Gasteiger partial charge in [-0.3, -0.25) is 0 Å². The van der Waals surface area contributed by atoms with Gasteiger partial charge in [0.1, 0.15) is 12.4 Å². The van der Waals surface area contributed by atoms with Gasteiger partial charge >= 0.3 is 5.97 Å². The van der Waals surface area contributed by atoms with Crippen LogP contribution in [-0.2, 0) is 11.3 Å². The zero-order chi connectivity index (χ0) is 14.5. The molecule has 0 fully saturated rings. The number of ether oxygens (including phenoxy) is 2. The standard InChI is InChI=1S/C15H12F2O3/c1-19-15(18)11-4-2-10(3-5-11)9-20-14-8-12(16)6-7-13(14)17/h2-8H,9H2,1H3. The molecule has 0 spiro atoms. The molecule has 0 saturated heterocycles. The lowest BCUT2D eigenvalue weighted by Gasteiger charge is -2.08. The Morgan fingerprint density at radius 1 is 1.10 bits per heavy atom. The van der Waals surface area contributed by atoms with Crippen molar-refractivity contribution in [2.75, 3.05) is 7.11 Å². The van der Waals surface area contributed by atoms with Crippen LogP contribution in [0.5, 0.6) is 5.75 Å². The monoisotopic (exact) mass is 278 g/mol. The third-order valence-electron chi connectivity index (χ3n) is 2.66. The molecule has 0 unspecified atom stereocenters. The Morgan fingerprint density at radius 2 is 1.80 bits per heavy atom. The molecule has 104 valence electrons. The van der Waals surface area contributed by atoms with E-state index in [-0.39, 0.29) is 12.4 Å². The molecular weight excluding hydrogens is 266 g/mol. The van der Waals surface area contributed by atoms with Gasteiger partial charge in [0.15, 0.2) is 11.6 Å². The van der Waals surface area contributed by atoms with E-state index in [1.165, 1.54) is 7.11 Å². The van der Waals surface area contributed by atoms with Crippen LogP contribution in [0.15, 0.2) is 42.5 Å². The Bertz CT molecular complexity index is 609. The Kier molecular flexibility index (Phi) is 4.30. The van der Waals surface area contributed by atoms with Gasteiger partial charge in [-0.05, 0) is 29.8 Å². The molecule has 20 heavy (non-hydrogen) atoms. The minimum Gasteiger partial charge on any atom is -0.486 e. The van der Waals surface area contributed by atoms with E-state index >= 15 is 0 Å². The molecule has 2 rings (SSSR count). The van der Waals surface area contributed by atoms with Crippen molar-refractivity contribution in [3.63, 3.8) is 0 Å². The lowest BCUT2D eigenvalue weighted by atomic mass is 10.1. The predicted molar refractivity (Wildman–Crippen MR) is 68.5 cm³/mol. The highest BCUT2D eigenvalue weighted by molar-refractivity contribution is 5.89. The van der Waals surface area contributed by atoms with Crippen LogP contribution in [0.2, 0.25) is 0 Å². The number of carbonyl (C=O) groups excluding carboxylic acids is 1. The van der Waals surface area contributed by atoms with E-state index in [9.17, 15) is 13.6 Å². The number of rotatable bonds is 4. The molecule has 0 atom stereocenters. The fraction of sp³-hybridized carbons (Fsp3) is 0.133. The number of carbonyl (C=O) groups is 1. The van der Waals surface area contributed by atoms with Gasteiger partial charge in [0, 0.05) is 6.07 Å². The molecule has 0 aliphatic carbocycles. The van der Waals surface area contributed by atoms with Gasteiger partial charge in [0.2, 0.25) is 0 Å². The molecule has 0 bridgehead atoms. The topological polar surface area (TPSA) is 35.5 Å². The van der Waals surface area contributed by atoms with Gasteiger partial charge < -0.3 is 9.47 Å². The van der Waals surface area contributed by atoms with Crippen molar-refractivity contribution < 1.29 is 23.0 Å². The maximum absolute atomic E-state index is 13.3. The maximum Gasteiger partial charge on any atom is 0.337 e. The highest BCUT2D eigenvalue weighted by Gasteiger charge is 2.07. The highest BCUT2D eigenvalue weighted by atomic mass is 19.1. The van der Waals surface area contributed by atoms with Gasteiger partial charge in [0.25, 0.3) is 0 Å². The molecule has 0 aromatic heterocycles. The first kappa shape index (κ1) is 14.0. The zero-order valence-electron chi connectivity index (χ0n) is 10.7. The second kappa shape index (κ2) is 6.14. The second-order valence-corrected chi connectivity index (χ2v) is 4.05. The summed E-state index contributed by atoms with van der Waals surface area (Å²) in [5.74, 6) is -1.78. The smallest absolute Gasteiger partial charge is 0.337 e. The molecule has 3 nitrogen and oxygen atoms in total. The van der Waals surface area contributed by atoms with E-state index in [1.54, 1.807) is 24.3 Å². The molecule has 0 heterocycles. The minimum absolute atomic E-state index is 0.0713. The molecule has 2 aromatic rings. The Hall–Kier alpha value is -2.43. The van der Waals surface area contributed by atoms with E-state index in [2.05, 4.69) is 4.74 Å². The summed E-state index contributed by atoms with van der Waals surface area (Å²) in [5, 5.41) is 0. The number of esters is 1. The van der Waals surface area contributed by atoms with Crippen molar-refractivity contribution in [2.24, 2.45) is 0 Å². The number of halogens is 2. The largest absolute Gasteiger partial charge is 0.486 e. The summed E-state index contributed by atoms with van der Waals surface area (Å²) in [4.78, 5) is 11.2. The van der Waals surface area contributed by atoms with Crippen LogP contribution >= 0.6 is 0 Å². The third-order valence-corrected chi connectivity index (χ3v) is 2.66. The molecule has 5 heteroatoms. The predicted octanol–water partition coefficient (Wildman–Crippen LogP) is 3.33. The lowest BCUT2D eigenvalue weighted by Crippen LogP contribution is -2.02. The van der Waals surface area contributed by atoms with Crippen molar-refractivity contribution >= 4 is 5.97 Å². The molecule has 0 aliphatic rings. The van der Waals surface area contributed by atoms with Crippen molar-refractivity contribution in [2.45, 2.75) is 6.61 Å². The first-order valence-corrected chi connectivity index (χ1v) is 5.85. The first-order chi connectivity index (χ1) is 9.60. The van der Waals surface area contributed by atoms with Crippen LogP contribution in [0.25, 0.3) is 0 Å². The minimum atomic E-state index is -0.627. The van der Waals surface area contributed by atoms with E-state index in [0.717, 1.165) is 23.8 Å². The van der Waals surface area contributed by atoms with E-state index in [4.69, 9.17) is 4.74 Å². The average molecular weight is 278 g/mol. The van der Waals surface area contributed by atoms with Crippen molar-refractivity contribution in [3.05, 3.63) is 65.2 Å². The van der Waals surface area contributed by atoms with Gasteiger partial charge in [-0.1, -0.05) is 12.1 Å². The van der Waals surface area contributed by atoms with Crippen LogP contribution in [0.4, 0.5) is 8.78 Å². The van der Waals surface area contributed by atoms with Crippen LogP contribution in [0, 0.1) is 11.6 Å². The normalized spacial score (nSPS) is 10.2. The van der Waals surface area contributed by atoms with Crippen LogP contribution in [0.3, 0.4) is 0 Å². The molecule has 0 N–H and O–H groups in total. The first-order valence-electron chi connectivity index (χ1n) is 5.85. The lowest BCUT2D eigenvalue weighted by molar-refractivity contribution is 0.0600. The van der Waals surface area contributed by atoms with Crippen molar-refractivity contribution in [1.82, 2.24) is 0 Å². The zero-order valence-corrected chi connectivity index (χ0v) is 10.7. The fourth-order valence-electron chi connectivity index (χ4n) is 1.60. The van der Waals surface area contributed by atoms with Gasteiger partial charge in [-0.2, -0.15) is 0 Å². The van der Waals surface area contributed by atoms with Gasteiger partial charge in [0.05, 0.1) is 12.7 Å². The number of hydrogen-bond acceptors (Lipinski definition) is 3. The summed E-state index contributed by atoms with van der Waals surface area (Å²) in [6.45, 7) is 0.0713. The van der Waals surface area contributed by atoms with Crippen LogP contribution in [-0.4, -0.2) is 13.1 Å². The number of methoxy groups -OCH3 is 1. The van der Waals surface area contributed by atoms with Gasteiger partial charge in [-0.25, -0.2) is 13.6 Å². The maximum atomic E-state index is 13.3. The number of benzene rings is 2. The molecule has 2 aromatic carbocycles. The summed E-state index contributed by atoms with van der Waals surface area (Å²) in [7, 11) is 1.30. The van der Waals surface area contributed by atoms with Gasteiger partial charge in [-0.15, -0.1) is 0 Å². The summed E-state index contributed by atoms with van der Waals surface area (Å²) in [6.07, 6.45) is 0. The molecule has 0 radical (unpaired) electrons. The second-order valence-electron chi connectivity index (χ2n) is 4.05. The van der Waals surface area contributed by atoms with Crippen LogP contribution in [0.1, 0.15) is 15.9 Å². The third kappa shape index (κ3) is 3.32. The molecule has 0 aliphatic heterocycles. The summed E-state index contributed by atoms with van der Waals surface area (Å²) in [6, 6.07) is 9.47. The van der Waals surface area contributed by atoms with Crippen LogP contribution < -0.4 is 4.74 Å². The highest BCUT2D eigenvalue weighted by Crippen LogP contribution is 2.19. The van der Waals surface area contributed by atoms with Crippen molar-refractivity contribution in [1.29, 1.82) is 0 Å². The average Bonchev–Trinajstić information content (AvgIpc) is 2.48. The number of hydrogen-bond donors (Lipinski definition) is 0. The van der Waals surface area contributed by atoms with E-state index < -0.39 is 17.6 Å². The fourth-order valence-corrected chi connectivity index (χ4v) is 1.60.